The summed E-state index contributed by atoms with van der Waals surface area (Å²) in [7, 11) is 0. The summed E-state index contributed by atoms with van der Waals surface area (Å²) in [6.45, 7) is 1.55. The number of allylic oxidation sites excluding steroid dienone is 1. The van der Waals surface area contributed by atoms with Gasteiger partial charge in [0.05, 0.1) is 35.0 Å². The molecule has 2 aliphatic rings. The van der Waals surface area contributed by atoms with Crippen molar-refractivity contribution in [3.8, 4) is 6.07 Å². The van der Waals surface area contributed by atoms with Gasteiger partial charge in [-0.15, -0.1) is 0 Å². The zero-order valence-corrected chi connectivity index (χ0v) is 19.7. The number of Topliss-reactive ketones (excluding diaryl/α,β-unsaturated/α-hetero) is 1. The molecule has 192 valence electrons. The molecule has 37 heavy (non-hydrogen) atoms. The van der Waals surface area contributed by atoms with E-state index in [1.807, 2.05) is 6.07 Å². The van der Waals surface area contributed by atoms with Crippen LogP contribution in [0.15, 0.2) is 59.8 Å². The highest BCUT2D eigenvalue weighted by atomic mass is 19.4. The van der Waals surface area contributed by atoms with Crippen LogP contribution in [0.5, 0.6) is 0 Å². The van der Waals surface area contributed by atoms with Crippen LogP contribution in [0.25, 0.3) is 0 Å². The SMILES string of the molecule is CC(O)CCNC(=O)N1C(=O)N(c2cccc(C(F)(F)F)c2)C2=C(C(=O)CC2)C1c1ccc(C#N)cc1. The first-order valence-corrected chi connectivity index (χ1v) is 11.6. The number of carbonyl (C=O) groups excluding carboxylic acids is 3. The van der Waals surface area contributed by atoms with Gasteiger partial charge < -0.3 is 10.4 Å². The standard InChI is InChI=1S/C26H23F3N4O4/c1-15(34)11-12-31-24(36)33-23(17-7-5-16(14-30)6-8-17)22-20(9-10-21(22)35)32(25(33)37)19-4-2-3-18(13-19)26(27,28)29/h2-8,13,15,23,34H,9-12H2,1H3,(H,31,36). The van der Waals surface area contributed by atoms with Gasteiger partial charge in [0.2, 0.25) is 0 Å². The van der Waals surface area contributed by atoms with Gasteiger partial charge in [-0.25, -0.2) is 14.5 Å². The highest BCUT2D eigenvalue weighted by molar-refractivity contribution is 6.12. The first-order chi connectivity index (χ1) is 17.5. The molecule has 2 aromatic carbocycles. The monoisotopic (exact) mass is 512 g/mol. The van der Waals surface area contributed by atoms with E-state index in [1.165, 1.54) is 37.3 Å². The summed E-state index contributed by atoms with van der Waals surface area (Å²) < 4.78 is 40.3. The minimum atomic E-state index is -4.67. The normalized spacial score (nSPS) is 18.5. The fourth-order valence-electron chi connectivity index (χ4n) is 4.49. The lowest BCUT2D eigenvalue weighted by atomic mass is 9.92. The molecule has 0 bridgehead atoms. The van der Waals surface area contributed by atoms with Gasteiger partial charge in [0.15, 0.2) is 5.78 Å². The molecule has 4 amide bonds. The van der Waals surface area contributed by atoms with Gasteiger partial charge in [0.1, 0.15) is 0 Å². The van der Waals surface area contributed by atoms with Crippen LogP contribution in [0.4, 0.5) is 28.4 Å². The van der Waals surface area contributed by atoms with E-state index in [2.05, 4.69) is 5.32 Å². The number of hydrogen-bond acceptors (Lipinski definition) is 5. The molecule has 1 aliphatic heterocycles. The maximum absolute atomic E-state index is 13.8. The Morgan fingerprint density at radius 3 is 2.51 bits per heavy atom. The largest absolute Gasteiger partial charge is 0.416 e. The van der Waals surface area contributed by atoms with E-state index < -0.39 is 35.9 Å². The van der Waals surface area contributed by atoms with E-state index in [0.717, 1.165) is 28.0 Å². The van der Waals surface area contributed by atoms with Gasteiger partial charge in [-0.2, -0.15) is 18.4 Å². The minimum Gasteiger partial charge on any atom is -0.393 e. The van der Waals surface area contributed by atoms with Crippen LogP contribution >= 0.6 is 0 Å². The fraction of sp³-hybridized carbons (Fsp3) is 0.308. The number of benzene rings is 2. The van der Waals surface area contributed by atoms with Crippen LogP contribution in [-0.4, -0.2) is 40.5 Å². The molecule has 0 saturated heterocycles. The lowest BCUT2D eigenvalue weighted by Gasteiger charge is -2.41. The topological polar surface area (TPSA) is 114 Å². The summed E-state index contributed by atoms with van der Waals surface area (Å²) in [5.74, 6) is -0.337. The van der Waals surface area contributed by atoms with Crippen LogP contribution in [0.3, 0.4) is 0 Å². The molecule has 8 nitrogen and oxygen atoms in total. The number of carbonyl (C=O) groups is 3. The van der Waals surface area contributed by atoms with Crippen LogP contribution < -0.4 is 10.2 Å². The highest BCUT2D eigenvalue weighted by Gasteiger charge is 2.48. The molecule has 0 saturated carbocycles. The van der Waals surface area contributed by atoms with Crippen molar-refractivity contribution in [2.45, 2.75) is 44.5 Å². The summed E-state index contributed by atoms with van der Waals surface area (Å²) >= 11 is 0. The van der Waals surface area contributed by atoms with Crippen LogP contribution in [0.1, 0.15) is 48.9 Å². The quantitative estimate of drug-likeness (QED) is 0.605. The second kappa shape index (κ2) is 10.1. The molecule has 1 heterocycles. The summed E-state index contributed by atoms with van der Waals surface area (Å²) in [6.07, 6.45) is -5.06. The summed E-state index contributed by atoms with van der Waals surface area (Å²) in [6, 6.07) is 9.22. The third kappa shape index (κ3) is 5.06. The van der Waals surface area contributed by atoms with Gasteiger partial charge in [-0.3, -0.25) is 9.69 Å². The number of nitrogens with zero attached hydrogens (tertiary/aromatic N) is 3. The molecule has 2 unspecified atom stereocenters. The molecule has 2 aromatic rings. The number of halogens is 3. The molecule has 0 radical (unpaired) electrons. The smallest absolute Gasteiger partial charge is 0.393 e. The van der Waals surface area contributed by atoms with Gasteiger partial charge in [-0.1, -0.05) is 18.2 Å². The number of nitrogens with one attached hydrogen (secondary N) is 1. The van der Waals surface area contributed by atoms with Crippen LogP contribution in [0.2, 0.25) is 0 Å². The first kappa shape index (κ1) is 25.9. The Morgan fingerprint density at radius 2 is 1.89 bits per heavy atom. The van der Waals surface area contributed by atoms with Gasteiger partial charge in [0, 0.05) is 24.2 Å². The van der Waals surface area contributed by atoms with Crippen molar-refractivity contribution in [3.63, 3.8) is 0 Å². The second-order valence-electron chi connectivity index (χ2n) is 8.83. The number of imide groups is 1. The lowest BCUT2D eigenvalue weighted by molar-refractivity contribution is -0.137. The van der Waals surface area contributed by atoms with Gasteiger partial charge >= 0.3 is 18.2 Å². The number of aliphatic hydroxyl groups is 1. The van der Waals surface area contributed by atoms with Crippen molar-refractivity contribution in [1.82, 2.24) is 10.2 Å². The highest BCUT2D eigenvalue weighted by Crippen LogP contribution is 2.45. The Morgan fingerprint density at radius 1 is 1.19 bits per heavy atom. The molecule has 0 aromatic heterocycles. The maximum atomic E-state index is 13.8. The van der Waals surface area contributed by atoms with Crippen molar-refractivity contribution >= 4 is 23.5 Å². The average molecular weight is 512 g/mol. The third-order valence-corrected chi connectivity index (χ3v) is 6.24. The lowest BCUT2D eigenvalue weighted by Crippen LogP contribution is -2.55. The predicted octanol–water partition coefficient (Wildman–Crippen LogP) is 4.66. The van der Waals surface area contributed by atoms with E-state index in [4.69, 9.17) is 5.26 Å². The van der Waals surface area contributed by atoms with Crippen molar-refractivity contribution < 1.29 is 32.7 Å². The molecular formula is C26H23F3N4O4. The molecule has 11 heteroatoms. The summed E-state index contributed by atoms with van der Waals surface area (Å²) in [4.78, 5) is 42.0. The van der Waals surface area contributed by atoms with Crippen LogP contribution in [-0.2, 0) is 11.0 Å². The average Bonchev–Trinajstić information content (AvgIpc) is 3.23. The van der Waals surface area contributed by atoms with Gasteiger partial charge in [-0.05, 0) is 55.7 Å². The first-order valence-electron chi connectivity index (χ1n) is 11.6. The fourth-order valence-corrected chi connectivity index (χ4v) is 4.49. The molecule has 4 rings (SSSR count). The van der Waals surface area contributed by atoms with Crippen molar-refractivity contribution in [1.29, 1.82) is 5.26 Å². The van der Waals surface area contributed by atoms with Crippen molar-refractivity contribution in [3.05, 3.63) is 76.5 Å². The third-order valence-electron chi connectivity index (χ3n) is 6.24. The predicted molar refractivity (Wildman–Crippen MR) is 126 cm³/mol. The zero-order valence-electron chi connectivity index (χ0n) is 19.7. The number of hydrogen-bond donors (Lipinski definition) is 2. The Bertz CT molecular complexity index is 1310. The molecule has 2 atom stereocenters. The summed E-state index contributed by atoms with van der Waals surface area (Å²) in [5.41, 5.74) is -0.0153. The summed E-state index contributed by atoms with van der Waals surface area (Å²) in [5, 5.41) is 21.2. The van der Waals surface area contributed by atoms with E-state index in [1.54, 1.807) is 0 Å². The number of anilines is 1. The Balaban J connectivity index is 1.86. The molecule has 0 fully saturated rings. The number of ketones is 1. The van der Waals surface area contributed by atoms with E-state index in [0.29, 0.717) is 11.1 Å². The van der Waals surface area contributed by atoms with Crippen molar-refractivity contribution in [2.75, 3.05) is 11.4 Å². The number of nitriles is 1. The van der Waals surface area contributed by atoms with Crippen LogP contribution in [0, 0.1) is 11.3 Å². The van der Waals surface area contributed by atoms with E-state index >= 15 is 0 Å². The van der Waals surface area contributed by atoms with E-state index in [-0.39, 0.29) is 48.5 Å². The zero-order chi connectivity index (χ0) is 26.9. The van der Waals surface area contributed by atoms with E-state index in [9.17, 15) is 32.7 Å². The molecule has 2 N–H and O–H groups in total. The molecular weight excluding hydrogens is 489 g/mol. The number of urea groups is 2. The number of rotatable bonds is 5. The maximum Gasteiger partial charge on any atom is 0.416 e. The minimum absolute atomic E-state index is 0.0176. The molecule has 1 aliphatic carbocycles. The number of alkyl halides is 3. The Kier molecular flexibility index (Phi) is 7.05. The number of amides is 4. The Hall–Kier alpha value is -4.17. The Labute approximate surface area is 210 Å². The number of aliphatic hydroxyl groups excluding tert-OH is 1. The molecule has 0 spiro atoms. The van der Waals surface area contributed by atoms with Gasteiger partial charge in [0.25, 0.3) is 0 Å². The van der Waals surface area contributed by atoms with Crippen molar-refractivity contribution in [2.24, 2.45) is 0 Å². The second-order valence-corrected chi connectivity index (χ2v) is 8.83.